The number of hydrogen-bond donors (Lipinski definition) is 1. The lowest BCUT2D eigenvalue weighted by Gasteiger charge is -2.46. The molecule has 0 aliphatic carbocycles. The standard InChI is InChI=1S/C18H31NOSi/c1-17(2)12-15(13-18(3,4)19-17)14-8-10-16(11-9-14)20-21(5,6)7/h8-11,15,19H,12-13H2,1-7H3. The first-order chi connectivity index (χ1) is 9.46. The van der Waals surface area contributed by atoms with Crippen molar-refractivity contribution in [3.8, 4) is 5.75 Å². The molecule has 1 fully saturated rings. The van der Waals surface area contributed by atoms with E-state index in [0.29, 0.717) is 5.92 Å². The number of piperidine rings is 1. The van der Waals surface area contributed by atoms with Crippen molar-refractivity contribution in [3.63, 3.8) is 0 Å². The second-order valence-corrected chi connectivity index (χ2v) is 13.2. The summed E-state index contributed by atoms with van der Waals surface area (Å²) in [6.45, 7) is 15.9. The minimum Gasteiger partial charge on any atom is -0.544 e. The van der Waals surface area contributed by atoms with E-state index < -0.39 is 8.32 Å². The lowest BCUT2D eigenvalue weighted by molar-refractivity contribution is 0.162. The van der Waals surface area contributed by atoms with E-state index in [-0.39, 0.29) is 11.1 Å². The van der Waals surface area contributed by atoms with Gasteiger partial charge >= 0.3 is 0 Å². The predicted molar refractivity (Wildman–Crippen MR) is 93.7 cm³/mol. The van der Waals surface area contributed by atoms with Crippen LogP contribution in [0.4, 0.5) is 0 Å². The zero-order chi connectivity index (χ0) is 15.9. The average molecular weight is 306 g/mol. The van der Waals surface area contributed by atoms with E-state index in [4.69, 9.17) is 4.43 Å². The summed E-state index contributed by atoms with van der Waals surface area (Å²) in [6, 6.07) is 8.82. The Hall–Kier alpha value is -0.803. The molecule has 0 radical (unpaired) electrons. The van der Waals surface area contributed by atoms with Gasteiger partial charge in [0.2, 0.25) is 8.32 Å². The van der Waals surface area contributed by atoms with Gasteiger partial charge in [-0.05, 0) is 83.8 Å². The Labute approximate surface area is 131 Å². The first-order valence-corrected chi connectivity index (χ1v) is 11.5. The number of nitrogens with one attached hydrogen (secondary N) is 1. The van der Waals surface area contributed by atoms with E-state index in [9.17, 15) is 0 Å². The molecular formula is C18H31NOSi. The molecule has 0 saturated carbocycles. The molecule has 1 N–H and O–H groups in total. The molecule has 0 aromatic heterocycles. The number of rotatable bonds is 3. The van der Waals surface area contributed by atoms with Gasteiger partial charge in [0.15, 0.2) is 0 Å². The minimum absolute atomic E-state index is 0.194. The van der Waals surface area contributed by atoms with Crippen LogP contribution in [0.15, 0.2) is 24.3 Å². The van der Waals surface area contributed by atoms with Gasteiger partial charge in [0.25, 0.3) is 0 Å². The molecule has 2 rings (SSSR count). The molecule has 1 aromatic rings. The molecule has 21 heavy (non-hydrogen) atoms. The van der Waals surface area contributed by atoms with Gasteiger partial charge in [0.05, 0.1) is 0 Å². The van der Waals surface area contributed by atoms with E-state index in [1.807, 2.05) is 0 Å². The second-order valence-electron chi connectivity index (χ2n) is 8.78. The fourth-order valence-corrected chi connectivity index (χ4v) is 4.56. The smallest absolute Gasteiger partial charge is 0.242 e. The van der Waals surface area contributed by atoms with E-state index in [1.54, 1.807) is 0 Å². The molecule has 0 unspecified atom stereocenters. The predicted octanol–water partition coefficient (Wildman–Crippen LogP) is 4.92. The van der Waals surface area contributed by atoms with E-state index in [0.717, 1.165) is 5.75 Å². The molecule has 3 heteroatoms. The topological polar surface area (TPSA) is 21.3 Å². The lowest BCUT2D eigenvalue weighted by atomic mass is 9.73. The van der Waals surface area contributed by atoms with Crippen LogP contribution >= 0.6 is 0 Å². The first kappa shape index (κ1) is 16.6. The summed E-state index contributed by atoms with van der Waals surface area (Å²) in [7, 11) is -1.51. The highest BCUT2D eigenvalue weighted by Crippen LogP contribution is 2.39. The molecule has 2 nitrogen and oxygen atoms in total. The Morgan fingerprint density at radius 2 is 1.43 bits per heavy atom. The summed E-state index contributed by atoms with van der Waals surface area (Å²) in [6.07, 6.45) is 2.37. The lowest BCUT2D eigenvalue weighted by Crippen LogP contribution is -2.57. The van der Waals surface area contributed by atoms with Crippen molar-refractivity contribution in [2.24, 2.45) is 0 Å². The van der Waals surface area contributed by atoms with Crippen molar-refractivity contribution in [2.45, 2.75) is 77.2 Å². The number of benzene rings is 1. The van der Waals surface area contributed by atoms with Gasteiger partial charge in [-0.25, -0.2) is 0 Å². The van der Waals surface area contributed by atoms with Crippen LogP contribution in [0.5, 0.6) is 5.75 Å². The van der Waals surface area contributed by atoms with Crippen molar-refractivity contribution < 1.29 is 4.43 Å². The van der Waals surface area contributed by atoms with Gasteiger partial charge in [-0.2, -0.15) is 0 Å². The molecule has 0 amide bonds. The van der Waals surface area contributed by atoms with Crippen LogP contribution in [0.1, 0.15) is 52.0 Å². The summed E-state index contributed by atoms with van der Waals surface area (Å²) in [4.78, 5) is 0. The quantitative estimate of drug-likeness (QED) is 0.800. The van der Waals surface area contributed by atoms with Crippen molar-refractivity contribution >= 4 is 8.32 Å². The molecule has 0 atom stereocenters. The van der Waals surface area contributed by atoms with Crippen LogP contribution in [0.2, 0.25) is 19.6 Å². The number of hydrogen-bond acceptors (Lipinski definition) is 2. The maximum absolute atomic E-state index is 6.05. The molecule has 0 bridgehead atoms. The third-order valence-electron chi connectivity index (χ3n) is 3.97. The van der Waals surface area contributed by atoms with Gasteiger partial charge < -0.3 is 9.74 Å². The van der Waals surface area contributed by atoms with Crippen molar-refractivity contribution in [1.82, 2.24) is 5.32 Å². The van der Waals surface area contributed by atoms with Gasteiger partial charge in [0, 0.05) is 11.1 Å². The molecule has 118 valence electrons. The molecular weight excluding hydrogens is 274 g/mol. The highest BCUT2D eigenvalue weighted by Gasteiger charge is 2.38. The van der Waals surface area contributed by atoms with Gasteiger partial charge in [-0.15, -0.1) is 0 Å². The summed E-state index contributed by atoms with van der Waals surface area (Å²) in [5, 5.41) is 3.76. The van der Waals surface area contributed by atoms with Crippen molar-refractivity contribution in [2.75, 3.05) is 0 Å². The summed E-state index contributed by atoms with van der Waals surface area (Å²) < 4.78 is 6.05. The summed E-state index contributed by atoms with van der Waals surface area (Å²) >= 11 is 0. The van der Waals surface area contributed by atoms with Crippen LogP contribution in [0.25, 0.3) is 0 Å². The monoisotopic (exact) mass is 305 g/mol. The molecule has 1 aliphatic rings. The van der Waals surface area contributed by atoms with Crippen LogP contribution in [0.3, 0.4) is 0 Å². The van der Waals surface area contributed by atoms with E-state index >= 15 is 0 Å². The molecule has 1 aromatic carbocycles. The largest absolute Gasteiger partial charge is 0.544 e. The van der Waals surface area contributed by atoms with E-state index in [2.05, 4.69) is 76.9 Å². The van der Waals surface area contributed by atoms with Crippen molar-refractivity contribution in [1.29, 1.82) is 0 Å². The second kappa shape index (κ2) is 5.44. The molecule has 1 heterocycles. The molecule has 0 spiro atoms. The van der Waals surface area contributed by atoms with Crippen LogP contribution in [-0.4, -0.2) is 19.4 Å². The Kier molecular flexibility index (Phi) is 4.29. The summed E-state index contributed by atoms with van der Waals surface area (Å²) in [5.74, 6) is 1.64. The molecule has 1 saturated heterocycles. The fraction of sp³-hybridized carbons (Fsp3) is 0.667. The maximum atomic E-state index is 6.05. The zero-order valence-electron chi connectivity index (χ0n) is 14.7. The van der Waals surface area contributed by atoms with Crippen LogP contribution in [-0.2, 0) is 0 Å². The Bertz CT molecular complexity index is 469. The van der Waals surface area contributed by atoms with Crippen LogP contribution in [0, 0.1) is 0 Å². The highest BCUT2D eigenvalue weighted by atomic mass is 28.4. The Morgan fingerprint density at radius 1 is 0.952 bits per heavy atom. The van der Waals surface area contributed by atoms with Gasteiger partial charge in [-0.3, -0.25) is 0 Å². The Balaban J connectivity index is 2.15. The Morgan fingerprint density at radius 3 is 1.86 bits per heavy atom. The third kappa shape index (κ3) is 4.85. The summed E-state index contributed by atoms with van der Waals surface area (Å²) in [5.41, 5.74) is 1.83. The van der Waals surface area contributed by atoms with Gasteiger partial charge in [-0.1, -0.05) is 12.1 Å². The SMILES string of the molecule is CC1(C)CC(c2ccc(O[Si](C)(C)C)cc2)CC(C)(C)N1. The minimum atomic E-state index is -1.51. The fourth-order valence-electron chi connectivity index (χ4n) is 3.72. The highest BCUT2D eigenvalue weighted by molar-refractivity contribution is 6.70. The maximum Gasteiger partial charge on any atom is 0.242 e. The molecule has 1 aliphatic heterocycles. The zero-order valence-corrected chi connectivity index (χ0v) is 15.7. The van der Waals surface area contributed by atoms with Crippen LogP contribution < -0.4 is 9.74 Å². The third-order valence-corrected chi connectivity index (χ3v) is 4.81. The first-order valence-electron chi connectivity index (χ1n) is 8.04. The normalized spacial score (nSPS) is 22.0. The van der Waals surface area contributed by atoms with Gasteiger partial charge in [0.1, 0.15) is 5.75 Å². The van der Waals surface area contributed by atoms with Crippen molar-refractivity contribution in [3.05, 3.63) is 29.8 Å². The van der Waals surface area contributed by atoms with E-state index in [1.165, 1.54) is 18.4 Å². The average Bonchev–Trinajstić information content (AvgIpc) is 2.23.